The Hall–Kier alpha value is -3.90. The monoisotopic (exact) mass is 456 g/mol. The van der Waals surface area contributed by atoms with E-state index in [-0.39, 0.29) is 11.4 Å². The zero-order valence-electron chi connectivity index (χ0n) is 18.2. The zero-order valence-corrected chi connectivity index (χ0v) is 19.0. The quantitative estimate of drug-likeness (QED) is 0.400. The highest BCUT2D eigenvalue weighted by molar-refractivity contribution is 7.92. The molecule has 4 rings (SSSR count). The van der Waals surface area contributed by atoms with Crippen LogP contribution in [0.25, 0.3) is 11.1 Å². The minimum Gasteiger partial charge on any atom is -0.324 e. The minimum atomic E-state index is -3.95. The molecule has 4 aromatic rings. The number of anilines is 2. The Morgan fingerprint density at radius 3 is 2.00 bits per heavy atom. The summed E-state index contributed by atoms with van der Waals surface area (Å²) in [6.07, 6.45) is 0. The molecule has 6 heteroatoms. The van der Waals surface area contributed by atoms with Crippen molar-refractivity contribution in [1.82, 2.24) is 0 Å². The smallest absolute Gasteiger partial charge is 0.264 e. The number of aryl methyl sites for hydroxylation is 1. The molecule has 0 aliphatic rings. The van der Waals surface area contributed by atoms with Crippen molar-refractivity contribution in [2.75, 3.05) is 16.2 Å². The van der Waals surface area contributed by atoms with Crippen molar-refractivity contribution in [3.05, 3.63) is 115 Å². The molecule has 0 bridgehead atoms. The van der Waals surface area contributed by atoms with Gasteiger partial charge >= 0.3 is 0 Å². The van der Waals surface area contributed by atoms with Crippen LogP contribution in [0.1, 0.15) is 5.56 Å². The number of hydrogen-bond acceptors (Lipinski definition) is 3. The first-order chi connectivity index (χ1) is 15.9. The summed E-state index contributed by atoms with van der Waals surface area (Å²) < 4.78 is 28.1. The highest BCUT2D eigenvalue weighted by Crippen LogP contribution is 2.28. The molecule has 0 heterocycles. The molecular formula is C27H24N2O3S. The highest BCUT2D eigenvalue weighted by Gasteiger charge is 2.27. The molecule has 1 N–H and O–H groups in total. The van der Waals surface area contributed by atoms with E-state index in [1.54, 1.807) is 54.6 Å². The summed E-state index contributed by atoms with van der Waals surface area (Å²) in [5.74, 6) is -0.432. The molecule has 0 fully saturated rings. The van der Waals surface area contributed by atoms with Crippen LogP contribution in [0.3, 0.4) is 0 Å². The number of carbonyl (C=O) groups excluding carboxylic acids is 1. The molecular weight excluding hydrogens is 432 g/mol. The SMILES string of the molecule is Cc1ccc(S(=O)(=O)N(CC(=O)Nc2ccccc2-c2ccccc2)c2ccccc2)cc1. The van der Waals surface area contributed by atoms with Gasteiger partial charge in [0.1, 0.15) is 6.54 Å². The van der Waals surface area contributed by atoms with Crippen molar-refractivity contribution in [2.24, 2.45) is 0 Å². The molecule has 1 amide bonds. The Kier molecular flexibility index (Phi) is 6.56. The first kappa shape index (κ1) is 22.3. The van der Waals surface area contributed by atoms with Gasteiger partial charge < -0.3 is 5.32 Å². The summed E-state index contributed by atoms with van der Waals surface area (Å²) in [6, 6.07) is 32.4. The summed E-state index contributed by atoms with van der Waals surface area (Å²) in [4.78, 5) is 13.2. The van der Waals surface area contributed by atoms with Crippen LogP contribution in [0.5, 0.6) is 0 Å². The fourth-order valence-electron chi connectivity index (χ4n) is 3.53. The summed E-state index contributed by atoms with van der Waals surface area (Å²) >= 11 is 0. The Balaban J connectivity index is 1.65. The second kappa shape index (κ2) is 9.71. The molecule has 0 spiro atoms. The second-order valence-electron chi connectivity index (χ2n) is 7.62. The molecule has 0 saturated heterocycles. The van der Waals surface area contributed by atoms with Crippen molar-refractivity contribution < 1.29 is 13.2 Å². The van der Waals surface area contributed by atoms with Gasteiger partial charge in [0.05, 0.1) is 10.6 Å². The van der Waals surface area contributed by atoms with Gasteiger partial charge in [0.2, 0.25) is 5.91 Å². The van der Waals surface area contributed by atoms with E-state index in [0.29, 0.717) is 11.4 Å². The normalized spacial score (nSPS) is 11.1. The van der Waals surface area contributed by atoms with E-state index in [1.807, 2.05) is 61.5 Å². The van der Waals surface area contributed by atoms with Gasteiger partial charge in [-0.05, 0) is 42.8 Å². The third kappa shape index (κ3) is 5.13. The Morgan fingerprint density at radius 1 is 0.758 bits per heavy atom. The van der Waals surface area contributed by atoms with Crippen LogP contribution in [-0.2, 0) is 14.8 Å². The third-order valence-electron chi connectivity index (χ3n) is 5.23. The number of nitrogens with one attached hydrogen (secondary N) is 1. The maximum absolute atomic E-state index is 13.5. The number of carbonyl (C=O) groups is 1. The van der Waals surface area contributed by atoms with E-state index >= 15 is 0 Å². The summed E-state index contributed by atoms with van der Waals surface area (Å²) in [7, 11) is -3.95. The Labute approximate surface area is 194 Å². The molecule has 0 unspecified atom stereocenters. The van der Waals surface area contributed by atoms with E-state index in [4.69, 9.17) is 0 Å². The van der Waals surface area contributed by atoms with Crippen LogP contribution in [0.2, 0.25) is 0 Å². The number of sulfonamides is 1. The maximum atomic E-state index is 13.5. The van der Waals surface area contributed by atoms with E-state index in [9.17, 15) is 13.2 Å². The largest absolute Gasteiger partial charge is 0.324 e. The summed E-state index contributed by atoms with van der Waals surface area (Å²) in [5.41, 5.74) is 3.81. The summed E-state index contributed by atoms with van der Waals surface area (Å²) in [5, 5.41) is 2.90. The van der Waals surface area contributed by atoms with Crippen molar-refractivity contribution in [1.29, 1.82) is 0 Å². The molecule has 0 saturated carbocycles. The Morgan fingerprint density at radius 2 is 1.33 bits per heavy atom. The van der Waals surface area contributed by atoms with Gasteiger partial charge in [-0.2, -0.15) is 0 Å². The van der Waals surface area contributed by atoms with E-state index in [0.717, 1.165) is 21.0 Å². The van der Waals surface area contributed by atoms with Crippen molar-refractivity contribution in [3.8, 4) is 11.1 Å². The third-order valence-corrected chi connectivity index (χ3v) is 7.01. The zero-order chi connectivity index (χ0) is 23.3. The molecule has 0 atom stereocenters. The van der Waals surface area contributed by atoms with Crippen LogP contribution >= 0.6 is 0 Å². The van der Waals surface area contributed by atoms with Crippen LogP contribution in [0.15, 0.2) is 114 Å². The fraction of sp³-hybridized carbons (Fsp3) is 0.0741. The van der Waals surface area contributed by atoms with Gasteiger partial charge in [0, 0.05) is 11.3 Å². The number of rotatable bonds is 7. The number of benzene rings is 4. The second-order valence-corrected chi connectivity index (χ2v) is 9.48. The van der Waals surface area contributed by atoms with Crippen molar-refractivity contribution in [2.45, 2.75) is 11.8 Å². The number of amides is 1. The average Bonchev–Trinajstić information content (AvgIpc) is 2.84. The average molecular weight is 457 g/mol. The van der Waals surface area contributed by atoms with Crippen molar-refractivity contribution >= 4 is 27.3 Å². The van der Waals surface area contributed by atoms with Gasteiger partial charge in [0.15, 0.2) is 0 Å². The number of para-hydroxylation sites is 2. The lowest BCUT2D eigenvalue weighted by molar-refractivity contribution is -0.114. The molecule has 0 aliphatic heterocycles. The van der Waals surface area contributed by atoms with Crippen LogP contribution in [0, 0.1) is 6.92 Å². The van der Waals surface area contributed by atoms with E-state index in [2.05, 4.69) is 5.32 Å². The van der Waals surface area contributed by atoms with Crippen LogP contribution < -0.4 is 9.62 Å². The lowest BCUT2D eigenvalue weighted by Crippen LogP contribution is -2.38. The standard InChI is InChI=1S/C27H24N2O3S/c1-21-16-18-24(19-17-21)33(31,32)29(23-12-6-3-7-13-23)20-27(30)28-26-15-9-8-14-25(26)22-10-4-2-5-11-22/h2-19H,20H2,1H3,(H,28,30). The van der Waals surface area contributed by atoms with Gasteiger partial charge in [-0.25, -0.2) is 8.42 Å². The van der Waals surface area contributed by atoms with Crippen molar-refractivity contribution in [3.63, 3.8) is 0 Å². The van der Waals surface area contributed by atoms with Crippen LogP contribution in [0.4, 0.5) is 11.4 Å². The van der Waals surface area contributed by atoms with E-state index < -0.39 is 15.9 Å². The first-order valence-corrected chi connectivity index (χ1v) is 12.0. The number of hydrogen-bond donors (Lipinski definition) is 1. The topological polar surface area (TPSA) is 66.5 Å². The molecule has 0 radical (unpaired) electrons. The highest BCUT2D eigenvalue weighted by atomic mass is 32.2. The predicted molar refractivity (Wildman–Crippen MR) is 133 cm³/mol. The lowest BCUT2D eigenvalue weighted by atomic mass is 10.0. The van der Waals surface area contributed by atoms with Gasteiger partial charge in [-0.1, -0.05) is 84.4 Å². The number of nitrogens with zero attached hydrogens (tertiary/aromatic N) is 1. The van der Waals surface area contributed by atoms with Gasteiger partial charge in [-0.15, -0.1) is 0 Å². The molecule has 4 aromatic carbocycles. The molecule has 0 aliphatic carbocycles. The van der Waals surface area contributed by atoms with Gasteiger partial charge in [0.25, 0.3) is 10.0 Å². The molecule has 5 nitrogen and oxygen atoms in total. The maximum Gasteiger partial charge on any atom is 0.264 e. The lowest BCUT2D eigenvalue weighted by Gasteiger charge is -2.24. The summed E-state index contributed by atoms with van der Waals surface area (Å²) in [6.45, 7) is 1.53. The molecule has 0 aromatic heterocycles. The first-order valence-electron chi connectivity index (χ1n) is 10.5. The Bertz CT molecular complexity index is 1340. The minimum absolute atomic E-state index is 0.134. The van der Waals surface area contributed by atoms with E-state index in [1.165, 1.54) is 0 Å². The molecule has 33 heavy (non-hydrogen) atoms. The predicted octanol–water partition coefficient (Wildman–Crippen LogP) is 5.50. The van der Waals surface area contributed by atoms with Crippen LogP contribution in [-0.4, -0.2) is 20.9 Å². The molecule has 166 valence electrons. The van der Waals surface area contributed by atoms with Gasteiger partial charge in [-0.3, -0.25) is 9.10 Å². The fourth-order valence-corrected chi connectivity index (χ4v) is 4.95.